The molecule has 2 bridgehead atoms. The zero-order chi connectivity index (χ0) is 25.4. The molecule has 2 N–H and O–H groups in total. The number of likely N-dealkylation sites (tertiary alicyclic amines) is 1. The monoisotopic (exact) mass is 502 g/mol. The standard InChI is InChI=1S/C32H42N2O3/c1-4-31-19-30(2,20-33-17-21-8-6-5-7-9-21)28(36-3)29-32(31)14-15-34(18-22-10-11-22)25(31)16-23-12-13-24(35)27(37-29)26(23)32/h5-9,12-13,22,25,28-29,33,35H,4,10-11,14-20H2,1-3H3/t25-,28?,29+,30+,31-,32+/m0/s1. The van der Waals surface area contributed by atoms with Crippen LogP contribution in [0.2, 0.25) is 0 Å². The summed E-state index contributed by atoms with van der Waals surface area (Å²) in [6.07, 6.45) is 7.03. The second-order valence-electron chi connectivity index (χ2n) is 13.0. The molecule has 5 aliphatic rings. The fraction of sp³-hybridized carbons (Fsp3) is 0.625. The van der Waals surface area contributed by atoms with Crippen molar-refractivity contribution in [1.29, 1.82) is 0 Å². The summed E-state index contributed by atoms with van der Waals surface area (Å²) in [5.74, 6) is 1.92. The number of hydrogen-bond donors (Lipinski definition) is 2. The van der Waals surface area contributed by atoms with Crippen molar-refractivity contribution in [2.24, 2.45) is 16.7 Å². The van der Waals surface area contributed by atoms with Gasteiger partial charge < -0.3 is 19.9 Å². The van der Waals surface area contributed by atoms with Gasteiger partial charge in [-0.15, -0.1) is 0 Å². The third-order valence-electron chi connectivity index (χ3n) is 11.0. The lowest BCUT2D eigenvalue weighted by atomic mass is 9.39. The Bertz CT molecular complexity index is 1180. The van der Waals surface area contributed by atoms with E-state index in [4.69, 9.17) is 9.47 Å². The van der Waals surface area contributed by atoms with Gasteiger partial charge in [0.15, 0.2) is 11.5 Å². The van der Waals surface area contributed by atoms with Crippen LogP contribution < -0.4 is 10.1 Å². The van der Waals surface area contributed by atoms with Gasteiger partial charge in [0, 0.05) is 54.6 Å². The predicted octanol–water partition coefficient (Wildman–Crippen LogP) is 5.04. The summed E-state index contributed by atoms with van der Waals surface area (Å²) in [4.78, 5) is 2.86. The van der Waals surface area contributed by atoms with Crippen LogP contribution >= 0.6 is 0 Å². The van der Waals surface area contributed by atoms with Crippen LogP contribution in [-0.2, 0) is 23.1 Å². The topological polar surface area (TPSA) is 54.0 Å². The lowest BCUT2D eigenvalue weighted by molar-refractivity contribution is -0.216. The third-order valence-corrected chi connectivity index (χ3v) is 11.0. The van der Waals surface area contributed by atoms with Gasteiger partial charge in [-0.3, -0.25) is 4.90 Å². The molecule has 1 saturated heterocycles. The molecule has 1 unspecified atom stereocenters. The van der Waals surface area contributed by atoms with E-state index in [-0.39, 0.29) is 28.5 Å². The Morgan fingerprint density at radius 2 is 1.97 bits per heavy atom. The number of phenols is 1. The lowest BCUT2D eigenvalue weighted by Gasteiger charge is -2.70. The Hall–Kier alpha value is -2.08. The Labute approximate surface area is 221 Å². The van der Waals surface area contributed by atoms with Crippen LogP contribution in [0, 0.1) is 16.7 Å². The minimum absolute atomic E-state index is 0.0520. The number of nitrogens with zero attached hydrogens (tertiary/aromatic N) is 1. The summed E-state index contributed by atoms with van der Waals surface area (Å²) in [6.45, 7) is 8.94. The highest BCUT2D eigenvalue weighted by atomic mass is 16.5. The van der Waals surface area contributed by atoms with Crippen LogP contribution in [0.5, 0.6) is 11.5 Å². The molecule has 7 rings (SSSR count). The summed E-state index contributed by atoms with van der Waals surface area (Å²) in [5.41, 5.74) is 3.92. The molecule has 2 aliphatic heterocycles. The first-order valence-electron chi connectivity index (χ1n) is 14.5. The van der Waals surface area contributed by atoms with Crippen molar-refractivity contribution in [3.05, 3.63) is 59.2 Å². The number of ether oxygens (including phenoxy) is 2. The molecule has 2 aromatic carbocycles. The Balaban J connectivity index is 1.32. The van der Waals surface area contributed by atoms with Crippen LogP contribution in [-0.4, -0.2) is 55.0 Å². The number of rotatable bonds is 8. The smallest absolute Gasteiger partial charge is 0.165 e. The molecule has 2 saturated carbocycles. The average Bonchev–Trinajstić information content (AvgIpc) is 3.65. The zero-order valence-corrected chi connectivity index (χ0v) is 22.6. The minimum atomic E-state index is -0.103. The van der Waals surface area contributed by atoms with Crippen molar-refractivity contribution in [3.63, 3.8) is 0 Å². The average molecular weight is 503 g/mol. The summed E-state index contributed by atoms with van der Waals surface area (Å²) in [6, 6.07) is 15.2. The van der Waals surface area contributed by atoms with E-state index < -0.39 is 0 Å². The van der Waals surface area contributed by atoms with Gasteiger partial charge in [-0.2, -0.15) is 0 Å². The molecule has 0 radical (unpaired) electrons. The zero-order valence-electron chi connectivity index (χ0n) is 22.6. The molecule has 3 fully saturated rings. The number of aromatic hydroxyl groups is 1. The van der Waals surface area contributed by atoms with Gasteiger partial charge >= 0.3 is 0 Å². The normalized spacial score (nSPS) is 37.8. The van der Waals surface area contributed by atoms with Gasteiger partial charge in [0.05, 0.1) is 0 Å². The number of nitrogens with one attached hydrogen (secondary N) is 1. The quantitative estimate of drug-likeness (QED) is 0.530. The minimum Gasteiger partial charge on any atom is -0.504 e. The van der Waals surface area contributed by atoms with E-state index in [9.17, 15) is 5.11 Å². The summed E-state index contributed by atoms with van der Waals surface area (Å²) in [7, 11) is 1.87. The van der Waals surface area contributed by atoms with Gasteiger partial charge in [-0.1, -0.05) is 50.2 Å². The van der Waals surface area contributed by atoms with E-state index >= 15 is 0 Å². The summed E-state index contributed by atoms with van der Waals surface area (Å²) in [5, 5.41) is 14.8. The van der Waals surface area contributed by atoms with Gasteiger partial charge in [0.25, 0.3) is 0 Å². The maximum absolute atomic E-state index is 11.0. The maximum atomic E-state index is 11.0. The molecule has 5 heteroatoms. The van der Waals surface area contributed by atoms with Crippen molar-refractivity contribution >= 4 is 0 Å². The highest BCUT2D eigenvalue weighted by Crippen LogP contribution is 2.72. The molecule has 5 nitrogen and oxygen atoms in total. The van der Waals surface area contributed by atoms with Gasteiger partial charge in [-0.05, 0) is 68.2 Å². The van der Waals surface area contributed by atoms with Gasteiger partial charge in [0.1, 0.15) is 12.2 Å². The SMILES string of the molecule is CC[C@@]12C[C@](C)(CNCc3ccccc3)C(OC)[C@H]3Oc4c(O)ccc5c4[C@]31CCN(CC1CC1)[C@H]2C5. The molecule has 3 aliphatic carbocycles. The summed E-state index contributed by atoms with van der Waals surface area (Å²) >= 11 is 0. The number of phenolic OH excluding ortho intramolecular Hbond substituents is 1. The Morgan fingerprint density at radius 3 is 2.70 bits per heavy atom. The van der Waals surface area contributed by atoms with Crippen LogP contribution in [0.1, 0.15) is 62.6 Å². The van der Waals surface area contributed by atoms with Crippen LogP contribution in [0.3, 0.4) is 0 Å². The molecule has 0 aromatic heterocycles. The molecular formula is C32H42N2O3. The first-order valence-corrected chi connectivity index (χ1v) is 14.5. The largest absolute Gasteiger partial charge is 0.504 e. The highest BCUT2D eigenvalue weighted by molar-refractivity contribution is 5.62. The first-order chi connectivity index (χ1) is 18.0. The van der Waals surface area contributed by atoms with Crippen molar-refractivity contribution in [2.45, 2.75) is 82.6 Å². The molecule has 0 amide bonds. The molecule has 198 valence electrons. The van der Waals surface area contributed by atoms with Crippen LogP contribution in [0.15, 0.2) is 42.5 Å². The Kier molecular flexibility index (Phi) is 5.49. The van der Waals surface area contributed by atoms with Crippen molar-refractivity contribution in [3.8, 4) is 11.5 Å². The maximum Gasteiger partial charge on any atom is 0.165 e. The van der Waals surface area contributed by atoms with Crippen molar-refractivity contribution in [2.75, 3.05) is 26.7 Å². The van der Waals surface area contributed by atoms with E-state index in [1.165, 1.54) is 36.1 Å². The number of piperidine rings is 1. The van der Waals surface area contributed by atoms with Crippen molar-refractivity contribution in [1.82, 2.24) is 10.2 Å². The molecule has 6 atom stereocenters. The molecule has 2 heterocycles. The first kappa shape index (κ1) is 24.0. The summed E-state index contributed by atoms with van der Waals surface area (Å²) < 4.78 is 13.3. The molecular weight excluding hydrogens is 460 g/mol. The number of hydrogen-bond acceptors (Lipinski definition) is 5. The van der Waals surface area contributed by atoms with Gasteiger partial charge in [0.2, 0.25) is 0 Å². The Morgan fingerprint density at radius 1 is 1.16 bits per heavy atom. The fourth-order valence-electron chi connectivity index (χ4n) is 9.43. The van der Waals surface area contributed by atoms with Crippen molar-refractivity contribution < 1.29 is 14.6 Å². The van der Waals surface area contributed by atoms with E-state index in [0.29, 0.717) is 11.8 Å². The van der Waals surface area contributed by atoms with E-state index in [1.54, 1.807) is 0 Å². The van der Waals surface area contributed by atoms with E-state index in [2.05, 4.69) is 60.5 Å². The van der Waals surface area contributed by atoms with Crippen LogP contribution in [0.4, 0.5) is 0 Å². The second kappa shape index (κ2) is 8.46. The molecule has 37 heavy (non-hydrogen) atoms. The predicted molar refractivity (Wildman–Crippen MR) is 145 cm³/mol. The number of benzene rings is 2. The fourth-order valence-corrected chi connectivity index (χ4v) is 9.43. The molecule has 2 aromatic rings. The van der Waals surface area contributed by atoms with E-state index in [0.717, 1.165) is 57.0 Å². The third kappa shape index (κ3) is 3.26. The lowest BCUT2D eigenvalue weighted by Crippen LogP contribution is -2.77. The van der Waals surface area contributed by atoms with Crippen LogP contribution in [0.25, 0.3) is 0 Å². The van der Waals surface area contributed by atoms with E-state index in [1.807, 2.05) is 13.2 Å². The van der Waals surface area contributed by atoms with Gasteiger partial charge in [-0.25, -0.2) is 0 Å². The number of methoxy groups -OCH3 is 1. The second-order valence-corrected chi connectivity index (χ2v) is 13.0. The highest BCUT2D eigenvalue weighted by Gasteiger charge is 2.75. The molecule has 1 spiro atoms.